The molecule has 0 rings (SSSR count). The number of Topliss-reactive ketones (excluding diaryl/α,β-unsaturated/α-hetero) is 1. The summed E-state index contributed by atoms with van der Waals surface area (Å²) >= 11 is 0. The smallest absolute Gasteiger partial charge is 0.335 e. The van der Waals surface area contributed by atoms with Gasteiger partial charge in [-0.15, -0.1) is 0 Å². The Morgan fingerprint density at radius 1 is 1.60 bits per heavy atom. The normalized spacial score (nSPS) is 12.3. The second kappa shape index (κ2) is 4.00. The lowest BCUT2D eigenvalue weighted by Gasteiger charge is -2.02. The Balaban J connectivity index is 3.50. The van der Waals surface area contributed by atoms with Crippen molar-refractivity contribution in [2.24, 2.45) is 0 Å². The van der Waals surface area contributed by atoms with E-state index in [9.17, 15) is 9.59 Å². The highest BCUT2D eigenvalue weighted by Crippen LogP contribution is 1.86. The Hall–Kier alpha value is -0.900. The van der Waals surface area contributed by atoms with Crippen LogP contribution in [-0.4, -0.2) is 29.6 Å². The van der Waals surface area contributed by atoms with Crippen LogP contribution in [0.2, 0.25) is 0 Å². The number of aliphatic hydroxyl groups is 1. The van der Waals surface area contributed by atoms with Crippen molar-refractivity contribution in [1.82, 2.24) is 0 Å². The van der Waals surface area contributed by atoms with Crippen molar-refractivity contribution in [2.75, 3.05) is 6.61 Å². The maximum Gasteiger partial charge on any atom is 0.335 e. The third-order valence-corrected chi connectivity index (χ3v) is 0.759. The molecule has 0 aromatic rings. The van der Waals surface area contributed by atoms with E-state index in [2.05, 4.69) is 4.74 Å². The second-order valence-corrected chi connectivity index (χ2v) is 1.99. The van der Waals surface area contributed by atoms with Crippen LogP contribution >= 0.6 is 0 Å². The number of hydrogen-bond acceptors (Lipinski definition) is 4. The second-order valence-electron chi connectivity index (χ2n) is 1.99. The third kappa shape index (κ3) is 4.03. The van der Waals surface area contributed by atoms with Crippen molar-refractivity contribution < 1.29 is 19.4 Å². The van der Waals surface area contributed by atoms with Gasteiger partial charge in [0.15, 0.2) is 5.78 Å². The molecule has 0 aromatic carbocycles. The standard InChI is InChI=1S/C6H10O4/c1-4(7)3-10-6(9)5(2)8/h5,8H,3H2,1-2H3/t5-/m0/s1. The topological polar surface area (TPSA) is 63.6 Å². The van der Waals surface area contributed by atoms with Crippen molar-refractivity contribution in [3.8, 4) is 0 Å². The fraction of sp³-hybridized carbons (Fsp3) is 0.667. The maximum absolute atomic E-state index is 10.4. The summed E-state index contributed by atoms with van der Waals surface area (Å²) in [5.41, 5.74) is 0. The van der Waals surface area contributed by atoms with Crippen molar-refractivity contribution >= 4 is 11.8 Å². The van der Waals surface area contributed by atoms with Crippen LogP contribution in [-0.2, 0) is 14.3 Å². The molecule has 0 unspecified atom stereocenters. The van der Waals surface area contributed by atoms with Crippen LogP contribution in [0.25, 0.3) is 0 Å². The van der Waals surface area contributed by atoms with Gasteiger partial charge in [0.1, 0.15) is 12.7 Å². The summed E-state index contributed by atoms with van der Waals surface area (Å²) in [6.07, 6.45) is -1.15. The predicted octanol–water partition coefficient (Wildman–Crippen LogP) is -0.501. The average molecular weight is 146 g/mol. The van der Waals surface area contributed by atoms with Crippen LogP contribution in [0.5, 0.6) is 0 Å². The number of ketones is 1. The largest absolute Gasteiger partial charge is 0.456 e. The number of esters is 1. The first-order chi connectivity index (χ1) is 4.54. The average Bonchev–Trinajstić information content (AvgIpc) is 1.82. The van der Waals surface area contributed by atoms with Gasteiger partial charge in [0.2, 0.25) is 0 Å². The van der Waals surface area contributed by atoms with E-state index in [-0.39, 0.29) is 12.4 Å². The van der Waals surface area contributed by atoms with E-state index in [0.717, 1.165) is 0 Å². The molecule has 0 aliphatic rings. The minimum Gasteiger partial charge on any atom is -0.456 e. The van der Waals surface area contributed by atoms with Crippen LogP contribution in [0.3, 0.4) is 0 Å². The molecule has 0 saturated carbocycles. The number of ether oxygens (including phenoxy) is 1. The Kier molecular flexibility index (Phi) is 3.64. The van der Waals surface area contributed by atoms with Gasteiger partial charge in [-0.05, 0) is 13.8 Å². The Morgan fingerprint density at radius 2 is 2.10 bits per heavy atom. The van der Waals surface area contributed by atoms with Crippen LogP contribution in [0, 0.1) is 0 Å². The molecule has 0 fully saturated rings. The molecule has 1 N–H and O–H groups in total. The first kappa shape index (κ1) is 9.10. The molecule has 58 valence electrons. The highest BCUT2D eigenvalue weighted by atomic mass is 16.5. The van der Waals surface area contributed by atoms with Gasteiger partial charge in [-0.25, -0.2) is 4.79 Å². The summed E-state index contributed by atoms with van der Waals surface area (Å²) in [7, 11) is 0. The minimum atomic E-state index is -1.15. The molecule has 4 heteroatoms. The van der Waals surface area contributed by atoms with E-state index in [0.29, 0.717) is 0 Å². The van der Waals surface area contributed by atoms with Gasteiger partial charge in [0.05, 0.1) is 0 Å². The van der Waals surface area contributed by atoms with Crippen LogP contribution in [0.1, 0.15) is 13.8 Å². The fourth-order valence-electron chi connectivity index (χ4n) is 0.293. The van der Waals surface area contributed by atoms with Gasteiger partial charge in [0.25, 0.3) is 0 Å². The van der Waals surface area contributed by atoms with Crippen molar-refractivity contribution in [3.05, 3.63) is 0 Å². The molecule has 0 heterocycles. The van der Waals surface area contributed by atoms with Crippen molar-refractivity contribution in [3.63, 3.8) is 0 Å². The number of carbonyl (C=O) groups excluding carboxylic acids is 2. The molecule has 0 radical (unpaired) electrons. The molecule has 0 spiro atoms. The Morgan fingerprint density at radius 3 is 2.40 bits per heavy atom. The van der Waals surface area contributed by atoms with E-state index in [1.165, 1.54) is 13.8 Å². The molecule has 0 bridgehead atoms. The molecule has 0 aliphatic carbocycles. The quantitative estimate of drug-likeness (QED) is 0.545. The third-order valence-electron chi connectivity index (χ3n) is 0.759. The van der Waals surface area contributed by atoms with Crippen LogP contribution in [0.4, 0.5) is 0 Å². The Labute approximate surface area is 58.8 Å². The number of rotatable bonds is 3. The molecule has 0 aliphatic heterocycles. The first-order valence-electron chi connectivity index (χ1n) is 2.88. The lowest BCUT2D eigenvalue weighted by molar-refractivity contribution is -0.155. The lowest BCUT2D eigenvalue weighted by Crippen LogP contribution is -2.21. The predicted molar refractivity (Wildman–Crippen MR) is 33.3 cm³/mol. The van der Waals surface area contributed by atoms with Gasteiger partial charge in [-0.1, -0.05) is 0 Å². The summed E-state index contributed by atoms with van der Waals surface area (Å²) in [6, 6.07) is 0. The zero-order valence-electron chi connectivity index (χ0n) is 5.96. The molecule has 0 saturated heterocycles. The summed E-state index contributed by atoms with van der Waals surface area (Å²) in [6.45, 7) is 2.32. The molecule has 10 heavy (non-hydrogen) atoms. The lowest BCUT2D eigenvalue weighted by atomic mass is 10.4. The first-order valence-corrected chi connectivity index (χ1v) is 2.88. The highest BCUT2D eigenvalue weighted by molar-refractivity contribution is 5.81. The fourth-order valence-corrected chi connectivity index (χ4v) is 0.293. The van der Waals surface area contributed by atoms with Gasteiger partial charge >= 0.3 is 5.97 Å². The maximum atomic E-state index is 10.4. The summed E-state index contributed by atoms with van der Waals surface area (Å²) in [5.74, 6) is -1.01. The molecule has 1 atom stereocenters. The molecule has 4 nitrogen and oxygen atoms in total. The summed E-state index contributed by atoms with van der Waals surface area (Å²) in [4.78, 5) is 20.6. The zero-order chi connectivity index (χ0) is 8.15. The molecule has 0 amide bonds. The SMILES string of the molecule is CC(=O)COC(=O)[C@H](C)O. The van der Waals surface area contributed by atoms with Gasteiger partial charge in [-0.3, -0.25) is 4.79 Å². The Bertz CT molecular complexity index is 139. The van der Waals surface area contributed by atoms with E-state index in [1.807, 2.05) is 0 Å². The summed E-state index contributed by atoms with van der Waals surface area (Å²) < 4.78 is 4.33. The van der Waals surface area contributed by atoms with Crippen molar-refractivity contribution in [1.29, 1.82) is 0 Å². The minimum absolute atomic E-state index is 0.242. The van der Waals surface area contributed by atoms with E-state index in [1.54, 1.807) is 0 Å². The highest BCUT2D eigenvalue weighted by Gasteiger charge is 2.09. The van der Waals surface area contributed by atoms with Crippen molar-refractivity contribution in [2.45, 2.75) is 20.0 Å². The molecule has 0 aromatic heterocycles. The summed E-state index contributed by atoms with van der Waals surface area (Å²) in [5, 5.41) is 8.55. The van der Waals surface area contributed by atoms with Gasteiger partial charge < -0.3 is 9.84 Å². The molecular formula is C6H10O4. The monoisotopic (exact) mass is 146 g/mol. The number of carbonyl (C=O) groups is 2. The number of aliphatic hydroxyl groups excluding tert-OH is 1. The van der Waals surface area contributed by atoms with Crippen LogP contribution in [0.15, 0.2) is 0 Å². The zero-order valence-corrected chi connectivity index (χ0v) is 5.96. The molecular weight excluding hydrogens is 136 g/mol. The van der Waals surface area contributed by atoms with E-state index < -0.39 is 12.1 Å². The number of hydrogen-bond donors (Lipinski definition) is 1. The van der Waals surface area contributed by atoms with Gasteiger partial charge in [0, 0.05) is 0 Å². The van der Waals surface area contributed by atoms with E-state index >= 15 is 0 Å². The van der Waals surface area contributed by atoms with E-state index in [4.69, 9.17) is 5.11 Å². The van der Waals surface area contributed by atoms with Gasteiger partial charge in [-0.2, -0.15) is 0 Å². The van der Waals surface area contributed by atoms with Crippen LogP contribution < -0.4 is 0 Å².